The van der Waals surface area contributed by atoms with E-state index in [1.165, 1.54) is 71.6 Å². The molecule has 0 bridgehead atoms. The first kappa shape index (κ1) is 109. The van der Waals surface area contributed by atoms with Gasteiger partial charge < -0.3 is 97.8 Å². The molecule has 10 aromatic rings. The van der Waals surface area contributed by atoms with Gasteiger partial charge >= 0.3 is 109 Å². The third kappa shape index (κ3) is 27.3. The molecule has 122 heavy (non-hydrogen) atoms. The first-order valence-corrected chi connectivity index (χ1v) is 45.8. The molecule has 22 nitrogen and oxygen atoms in total. The molecule has 0 fully saturated rings. The molecule has 5 heterocycles. The van der Waals surface area contributed by atoms with Gasteiger partial charge in [-0.25, -0.2) is 0 Å². The number of anilines is 2. The molecule has 0 saturated heterocycles. The second kappa shape index (κ2) is 49.7. The molecular weight excluding hydrogens is 2600 g/mol. The number of carboxylic acid groups (broad SMARTS) is 2. The number of aliphatic carboxylic acids is 2. The first-order valence-electron chi connectivity index (χ1n) is 37.2. The Bertz CT molecular complexity index is 5440. The van der Waals surface area contributed by atoms with Crippen LogP contribution in [0, 0.1) is 42.4 Å². The molecular formula is C86H85Cl4I8K2N9O13. The number of aryl methyl sites for hydroxylation is 1. The summed E-state index contributed by atoms with van der Waals surface area (Å²) in [7, 11) is 0. The summed E-state index contributed by atoms with van der Waals surface area (Å²) in [4.78, 5) is 25.5. The number of fused-ring (bicyclic) bond motifs is 6. The van der Waals surface area contributed by atoms with Crippen molar-refractivity contribution in [1.29, 1.82) is 0 Å². The van der Waals surface area contributed by atoms with Crippen LogP contribution in [0.3, 0.4) is 0 Å². The Morgan fingerprint density at radius 2 is 0.779 bits per heavy atom. The first-order chi connectivity index (χ1) is 55.3. The number of phenols is 7. The third-order valence-corrected chi connectivity index (χ3v) is 29.5. The maximum Gasteiger partial charge on any atom is 1.00 e. The van der Waals surface area contributed by atoms with E-state index in [4.69, 9.17) is 26.5 Å². The van der Waals surface area contributed by atoms with Crippen molar-refractivity contribution >= 4 is 259 Å². The molecule has 10 aromatic carbocycles. The Labute approximate surface area is 927 Å². The Morgan fingerprint density at radius 1 is 0.434 bits per heavy atom. The second-order valence-corrected chi connectivity index (χ2v) is 38.5. The molecule has 5 atom stereocenters. The van der Waals surface area contributed by atoms with E-state index in [0.717, 1.165) is 160 Å². The fourth-order valence-corrected chi connectivity index (χ4v) is 22.3. The predicted octanol–water partition coefficient (Wildman–Crippen LogP) is 12.0. The zero-order valence-corrected chi connectivity index (χ0v) is 93.0. The Hall–Kier alpha value is -1.64. The fraction of sp³-hybridized carbons (Fsp3) is 0.279. The summed E-state index contributed by atoms with van der Waals surface area (Å²) < 4.78 is 19.4. The number of carboxylic acids is 2. The number of carbonyl (C=O) groups excluding carboxylic acids is 2. The minimum atomic E-state index is -2.96. The summed E-state index contributed by atoms with van der Waals surface area (Å²) in [5.74, 6) is -6.25. The van der Waals surface area contributed by atoms with Crippen molar-refractivity contribution in [2.24, 2.45) is 5.11 Å². The molecule has 6 aliphatic rings. The van der Waals surface area contributed by atoms with Crippen molar-refractivity contribution in [1.82, 2.24) is 21.3 Å². The van der Waals surface area contributed by atoms with Crippen LogP contribution in [0.2, 0.25) is 0 Å². The average Bonchev–Trinajstić information content (AvgIpc) is 1.59. The number of benzene rings is 10. The number of hydrogen-bond donors (Lipinski definition) is 13. The zero-order chi connectivity index (χ0) is 83.1. The summed E-state index contributed by atoms with van der Waals surface area (Å²) in [6, 6.07) is 44.5. The van der Waals surface area contributed by atoms with E-state index >= 15 is 0 Å². The van der Waals surface area contributed by atoms with E-state index in [9.17, 15) is 55.5 Å². The predicted molar refractivity (Wildman–Crippen MR) is 540 cm³/mol. The number of rotatable bonds is 13. The molecule has 1 aliphatic carbocycles. The van der Waals surface area contributed by atoms with Crippen molar-refractivity contribution in [3.63, 3.8) is 0 Å². The number of aromatic hydroxyl groups is 7. The maximum atomic E-state index is 11.4. The van der Waals surface area contributed by atoms with Crippen LogP contribution in [0.1, 0.15) is 138 Å². The van der Waals surface area contributed by atoms with Crippen LogP contribution in [0.25, 0.3) is 10.4 Å². The Kier molecular flexibility index (Phi) is 44.5. The summed E-state index contributed by atoms with van der Waals surface area (Å²) in [6.07, 6.45) is 11.1. The number of phenolic OH excluding ortho intramolecular Hbond substituents is 7. The van der Waals surface area contributed by atoms with Gasteiger partial charge in [0.25, 0.3) is 0 Å². The van der Waals surface area contributed by atoms with Crippen molar-refractivity contribution in [2.75, 3.05) is 37.6 Å². The third-order valence-electron chi connectivity index (χ3n) is 21.5. The average molecular weight is 2690 g/mol. The topological polar surface area (TPSA) is 389 Å². The van der Waals surface area contributed by atoms with Crippen LogP contribution in [0.4, 0.5) is 17.1 Å². The number of ether oxygens (including phenoxy) is 2. The number of carbonyl (C=O) groups is 2. The van der Waals surface area contributed by atoms with Gasteiger partial charge in [-0.2, -0.15) is 0 Å². The molecule has 0 radical (unpaired) electrons. The molecule has 15 N–H and O–H groups in total. The van der Waals surface area contributed by atoms with Gasteiger partial charge in [0.2, 0.25) is 0 Å². The summed E-state index contributed by atoms with van der Waals surface area (Å²) in [6.45, 7) is 7.58. The number of halogens is 12. The van der Waals surface area contributed by atoms with Gasteiger partial charge in [-0.1, -0.05) is 29.4 Å². The molecule has 5 unspecified atom stereocenters. The van der Waals surface area contributed by atoms with Gasteiger partial charge in [0.05, 0.1) is 11.4 Å². The van der Waals surface area contributed by atoms with Gasteiger partial charge in [0.15, 0.2) is 46.0 Å². The van der Waals surface area contributed by atoms with Crippen LogP contribution in [-0.4, -0.2) is 79.7 Å². The Morgan fingerprint density at radius 3 is 1.18 bits per heavy atom. The van der Waals surface area contributed by atoms with E-state index in [-0.39, 0.29) is 223 Å². The maximum absolute atomic E-state index is 11.4. The normalized spacial score (nSPS) is 16.8. The molecule has 0 saturated carbocycles. The number of nitrogens with one attached hydrogen (secondary N) is 4. The van der Waals surface area contributed by atoms with E-state index in [1.54, 1.807) is 48.5 Å². The number of nitrogen functional groups attached to an aromatic ring is 2. The standard InChI is InChI=1S/C20H17I2NO6.C18H18I2O.C16H16I2N2O2.C16H15IN4O2.C16H17IN2O2.4ClH.2K/c1-9-13(21)4-10(5-14(9)22)6-15-12-8-17-16(7-11(12)2-3-23-15)28-20(29-17,18(24)25)19(26)27;1-11-17(19)8-12(9-18(11)20)7-13-3-2-4-14-10-15(21)5-6-16(13)14;17-11-3-8(4-12(18)16(11)19)5-13-10-7-15(22)14(21)6-9(10)1-2-20-13;17-12-5-9(1-2-13(12)20-21-18)6-14-11-8-16(23)15(22)7-10(11)3-4-19-14;17-12-5-9(1-2-13(12)18)6-14-11-8-16(21)15(20)7-10(11)3-4-19-14;;;;;;/h4-5,7-8,15,23H,2-3,6H2,1H3,(H,24,25)(H,26,27);5-6,8-10,13,21H,2-4,7H2,1H3;3-4,6-7,13,20-22H,1-2,5,19H2;1-2,5,7-8,14,19,22-23H,3-4,6H2;1-2,5,7-8,14,19-21H,3-4,6,18H2;4*1H;;/q;;;;;;;;;2*+1/p-2. The van der Waals surface area contributed by atoms with Crippen LogP contribution in [0.5, 0.6) is 51.7 Å². The Balaban J connectivity index is 0.000000234. The summed E-state index contributed by atoms with van der Waals surface area (Å²) in [5.41, 5.74) is 42.4. The van der Waals surface area contributed by atoms with Crippen LogP contribution >= 0.6 is 230 Å². The van der Waals surface area contributed by atoms with Crippen molar-refractivity contribution in [3.05, 3.63) is 273 Å². The largest absolute Gasteiger partial charge is 1.00 e. The smallest absolute Gasteiger partial charge is 0.542 e. The van der Waals surface area contributed by atoms with E-state index in [2.05, 4.69) is 274 Å². The molecule has 36 heteroatoms. The summed E-state index contributed by atoms with van der Waals surface area (Å²) >= 11 is 18.4. The molecule has 0 amide bonds. The van der Waals surface area contributed by atoms with Crippen LogP contribution in [0.15, 0.2) is 145 Å². The van der Waals surface area contributed by atoms with Crippen LogP contribution in [-0.2, 0) is 73.8 Å². The quantitative estimate of drug-likeness (QED) is 0.00745. The van der Waals surface area contributed by atoms with Gasteiger partial charge in [-0.05, 0) is 519 Å². The summed E-state index contributed by atoms with van der Waals surface area (Å²) in [5, 5.41) is 108. The number of hydrogen-bond acceptors (Lipinski definition) is 20. The number of nitrogens with zero attached hydrogens (tertiary/aromatic N) is 3. The van der Waals surface area contributed by atoms with Gasteiger partial charge in [-0.3, -0.25) is 0 Å². The van der Waals surface area contributed by atoms with Crippen molar-refractivity contribution < 1.29 is 168 Å². The number of nitrogens with two attached hydrogens (primary N) is 2. The van der Waals surface area contributed by atoms with E-state index < -0.39 is 17.7 Å². The van der Waals surface area contributed by atoms with Gasteiger partial charge in [0, 0.05) is 63.3 Å². The van der Waals surface area contributed by atoms with E-state index in [1.807, 2.05) is 42.5 Å². The van der Waals surface area contributed by atoms with Gasteiger partial charge in [-0.15, -0.1) is 49.6 Å². The second-order valence-electron chi connectivity index (χ2n) is 29.2. The van der Waals surface area contributed by atoms with Crippen molar-refractivity contribution in [2.45, 2.75) is 127 Å². The van der Waals surface area contributed by atoms with Crippen LogP contribution < -0.4 is 155 Å². The number of azide groups is 1. The minimum absolute atomic E-state index is 0. The van der Waals surface area contributed by atoms with Gasteiger partial charge in [0.1, 0.15) is 17.7 Å². The zero-order valence-electron chi connectivity index (χ0n) is 66.2. The van der Waals surface area contributed by atoms with E-state index in [0.29, 0.717) is 23.8 Å². The SMILES string of the molecule is Cc1c(I)cc(CC2CCCc3cc(O)ccc32)cc1I.Cc1c(I)cc(CC2NCCc3cc4c(cc32)OC(C(=O)[O-])(C(=O)[O-])O4)cc1I.Cl.Cl.Cl.Cl.Nc1c(I)cc(CC2NCCc3cc(O)c(O)cc32)cc1I.Nc1ccc(CC2NCCc3cc(O)c(O)cc32)cc1I.[K+].[K+].[N-]=[N+]=Nc1ccc(CC2NCCc3cc(O)c(O)cc32)cc1I. The molecule has 0 spiro atoms. The molecule has 0 aromatic heterocycles. The molecule has 5 aliphatic heterocycles. The van der Waals surface area contributed by atoms with Crippen molar-refractivity contribution in [3.8, 4) is 51.7 Å². The monoisotopic (exact) mass is 2680 g/mol. The molecule has 16 rings (SSSR count). The minimum Gasteiger partial charge on any atom is -0.542 e. The fourth-order valence-electron chi connectivity index (χ4n) is 15.4. The molecule has 638 valence electrons.